The fourth-order valence-electron chi connectivity index (χ4n) is 7.31. The van der Waals surface area contributed by atoms with E-state index in [1.165, 1.54) is 0 Å². The Morgan fingerprint density at radius 1 is 0.444 bits per heavy atom. The predicted octanol–water partition coefficient (Wildman–Crippen LogP) is 8.25. The van der Waals surface area contributed by atoms with Gasteiger partial charge in [-0.2, -0.15) is 0 Å². The van der Waals surface area contributed by atoms with Crippen LogP contribution in [0.1, 0.15) is 81.7 Å². The van der Waals surface area contributed by atoms with Gasteiger partial charge in [-0.25, -0.2) is 0 Å². The minimum Gasteiger partial charge on any atom is -0.288 e. The standard InChI is InChI=1S/C41H26O4/c1-23-9-3-8-14-34(23)41(2)35-21-24(19-32-37(42)28-10-4-5-11-29(28)38(32)43)15-17-26(35)27-18-16-25(22-36(27)41)20-33-39(44)30-12-6-7-13-31(30)40(33)45/h3-22H,1-2H3. The van der Waals surface area contributed by atoms with Crippen LogP contribution in [0.15, 0.2) is 120 Å². The fourth-order valence-corrected chi connectivity index (χ4v) is 7.31. The van der Waals surface area contributed by atoms with Gasteiger partial charge in [0.2, 0.25) is 0 Å². The van der Waals surface area contributed by atoms with E-state index in [9.17, 15) is 19.2 Å². The summed E-state index contributed by atoms with van der Waals surface area (Å²) in [5.74, 6) is -1.01. The largest absolute Gasteiger partial charge is 0.288 e. The minimum absolute atomic E-state index is 0.171. The smallest absolute Gasteiger partial charge is 0.197 e. The van der Waals surface area contributed by atoms with Gasteiger partial charge < -0.3 is 0 Å². The van der Waals surface area contributed by atoms with Gasteiger partial charge in [0.25, 0.3) is 0 Å². The van der Waals surface area contributed by atoms with Gasteiger partial charge in [0.1, 0.15) is 0 Å². The SMILES string of the molecule is Cc1ccccc1C1(C)c2cc(C=C3C(=O)c4ccccc4C3=O)ccc2-c2ccc(C=C3C(=O)c4ccccc4C3=O)cc21. The Morgan fingerprint density at radius 3 is 1.22 bits per heavy atom. The molecule has 214 valence electrons. The molecule has 5 aromatic carbocycles. The fraction of sp³-hybridized carbons (Fsp3) is 0.0732. The van der Waals surface area contributed by atoms with Crippen LogP contribution in [0, 0.1) is 6.92 Å². The lowest BCUT2D eigenvalue weighted by atomic mass is 9.72. The van der Waals surface area contributed by atoms with E-state index in [-0.39, 0.29) is 34.3 Å². The Kier molecular flexibility index (Phi) is 5.75. The molecule has 0 saturated heterocycles. The van der Waals surface area contributed by atoms with Gasteiger partial charge in [-0.15, -0.1) is 0 Å². The number of carbonyl (C=O) groups excluding carboxylic acids is 4. The molecule has 4 nitrogen and oxygen atoms in total. The van der Waals surface area contributed by atoms with Crippen LogP contribution in [0.5, 0.6) is 0 Å². The minimum atomic E-state index is -0.585. The molecule has 3 aliphatic carbocycles. The zero-order valence-electron chi connectivity index (χ0n) is 24.7. The van der Waals surface area contributed by atoms with E-state index in [1.807, 2.05) is 24.3 Å². The van der Waals surface area contributed by atoms with E-state index in [2.05, 4.69) is 50.2 Å². The molecule has 0 N–H and O–H groups in total. The van der Waals surface area contributed by atoms with Crippen LogP contribution in [-0.4, -0.2) is 23.1 Å². The summed E-state index contributed by atoms with van der Waals surface area (Å²) in [6.07, 6.45) is 3.41. The van der Waals surface area contributed by atoms with Gasteiger partial charge in [-0.3, -0.25) is 19.2 Å². The Bertz CT molecular complexity index is 2050. The number of carbonyl (C=O) groups is 4. The summed E-state index contributed by atoms with van der Waals surface area (Å²) in [6, 6.07) is 34.3. The highest BCUT2D eigenvalue weighted by Crippen LogP contribution is 2.53. The maximum absolute atomic E-state index is 13.2. The van der Waals surface area contributed by atoms with Gasteiger partial charge >= 0.3 is 0 Å². The van der Waals surface area contributed by atoms with Crippen LogP contribution in [0.25, 0.3) is 23.3 Å². The van der Waals surface area contributed by atoms with Crippen molar-refractivity contribution < 1.29 is 19.2 Å². The first-order valence-electron chi connectivity index (χ1n) is 14.9. The van der Waals surface area contributed by atoms with Crippen molar-refractivity contribution in [2.45, 2.75) is 19.3 Å². The molecule has 0 atom stereocenters. The molecule has 4 heteroatoms. The lowest BCUT2D eigenvalue weighted by Crippen LogP contribution is -2.24. The third-order valence-corrected chi connectivity index (χ3v) is 9.57. The van der Waals surface area contributed by atoms with Gasteiger partial charge in [0.05, 0.1) is 11.1 Å². The van der Waals surface area contributed by atoms with Crippen LogP contribution in [0.4, 0.5) is 0 Å². The van der Waals surface area contributed by atoms with Gasteiger partial charge in [0, 0.05) is 27.7 Å². The van der Waals surface area contributed by atoms with E-state index >= 15 is 0 Å². The van der Waals surface area contributed by atoms with Gasteiger partial charge in [-0.1, -0.05) is 97.1 Å². The Morgan fingerprint density at radius 2 is 0.822 bits per heavy atom. The lowest BCUT2D eigenvalue weighted by molar-refractivity contribution is 0.0975. The second kappa shape index (κ2) is 9.63. The topological polar surface area (TPSA) is 68.3 Å². The molecule has 0 spiro atoms. The summed E-state index contributed by atoms with van der Waals surface area (Å²) in [4.78, 5) is 52.7. The number of allylic oxidation sites excluding steroid dienone is 2. The van der Waals surface area contributed by atoms with Crippen molar-refractivity contribution in [1.82, 2.24) is 0 Å². The molecule has 0 aromatic heterocycles. The number of hydrogen-bond donors (Lipinski definition) is 0. The quantitative estimate of drug-likeness (QED) is 0.159. The second-order valence-electron chi connectivity index (χ2n) is 12.1. The summed E-state index contributed by atoms with van der Waals surface area (Å²) < 4.78 is 0. The summed E-state index contributed by atoms with van der Waals surface area (Å²) in [6.45, 7) is 4.29. The summed E-state index contributed by atoms with van der Waals surface area (Å²) in [7, 11) is 0. The highest BCUT2D eigenvalue weighted by Gasteiger charge is 2.42. The van der Waals surface area contributed by atoms with Crippen molar-refractivity contribution in [3.8, 4) is 11.1 Å². The van der Waals surface area contributed by atoms with Crippen molar-refractivity contribution >= 4 is 35.3 Å². The summed E-state index contributed by atoms with van der Waals surface area (Å²) in [5, 5.41) is 0. The number of ketones is 4. The number of aryl methyl sites for hydroxylation is 1. The second-order valence-corrected chi connectivity index (χ2v) is 12.1. The third kappa shape index (κ3) is 3.79. The molecule has 0 bridgehead atoms. The Labute approximate surface area is 260 Å². The molecule has 0 amide bonds. The summed E-state index contributed by atoms with van der Waals surface area (Å²) >= 11 is 0. The molecule has 3 aliphatic rings. The molecule has 0 saturated carbocycles. The Balaban J connectivity index is 1.27. The molecule has 5 aromatic rings. The van der Waals surface area contributed by atoms with Crippen LogP contribution in [-0.2, 0) is 5.41 Å². The molecule has 8 rings (SSSR count). The van der Waals surface area contributed by atoms with E-state index in [0.717, 1.165) is 44.5 Å². The lowest BCUT2D eigenvalue weighted by Gasteiger charge is -2.30. The maximum Gasteiger partial charge on any atom is 0.197 e. The molecule has 0 aliphatic heterocycles. The number of rotatable bonds is 3. The van der Waals surface area contributed by atoms with Crippen LogP contribution < -0.4 is 0 Å². The van der Waals surface area contributed by atoms with E-state index in [4.69, 9.17) is 0 Å². The first kappa shape index (κ1) is 26.9. The van der Waals surface area contributed by atoms with Gasteiger partial charge in [-0.05, 0) is 82.6 Å². The van der Waals surface area contributed by atoms with Crippen molar-refractivity contribution in [3.05, 3.63) is 176 Å². The monoisotopic (exact) mass is 582 g/mol. The van der Waals surface area contributed by atoms with Crippen LogP contribution in [0.2, 0.25) is 0 Å². The third-order valence-electron chi connectivity index (χ3n) is 9.57. The zero-order chi connectivity index (χ0) is 31.0. The van der Waals surface area contributed by atoms with Crippen LogP contribution >= 0.6 is 0 Å². The summed E-state index contributed by atoms with van der Waals surface area (Å²) in [5.41, 5.74) is 9.55. The molecule has 45 heavy (non-hydrogen) atoms. The Hall–Kier alpha value is -5.74. The number of fused-ring (bicyclic) bond motifs is 5. The van der Waals surface area contributed by atoms with E-state index < -0.39 is 5.41 Å². The average molecular weight is 583 g/mol. The number of Topliss-reactive ketones (excluding diaryl/α,β-unsaturated/α-hetero) is 4. The van der Waals surface area contributed by atoms with Crippen molar-refractivity contribution in [1.29, 1.82) is 0 Å². The average Bonchev–Trinajstić information content (AvgIpc) is 3.56. The van der Waals surface area contributed by atoms with E-state index in [1.54, 1.807) is 60.7 Å². The normalized spacial score (nSPS) is 15.6. The van der Waals surface area contributed by atoms with Gasteiger partial charge in [0.15, 0.2) is 23.1 Å². The molecule has 0 heterocycles. The maximum atomic E-state index is 13.2. The van der Waals surface area contributed by atoms with Crippen molar-refractivity contribution in [2.75, 3.05) is 0 Å². The molecular formula is C41H26O4. The number of hydrogen-bond acceptors (Lipinski definition) is 4. The molecule has 0 unspecified atom stereocenters. The predicted molar refractivity (Wildman–Crippen MR) is 175 cm³/mol. The molecule has 0 radical (unpaired) electrons. The highest BCUT2D eigenvalue weighted by molar-refractivity contribution is 6.42. The van der Waals surface area contributed by atoms with Crippen molar-refractivity contribution in [2.24, 2.45) is 0 Å². The van der Waals surface area contributed by atoms with E-state index in [0.29, 0.717) is 22.3 Å². The van der Waals surface area contributed by atoms with Crippen LogP contribution in [0.3, 0.4) is 0 Å². The molecule has 0 fully saturated rings. The first-order chi connectivity index (χ1) is 21.8. The number of benzene rings is 5. The first-order valence-corrected chi connectivity index (χ1v) is 14.9. The zero-order valence-corrected chi connectivity index (χ0v) is 24.7. The van der Waals surface area contributed by atoms with Crippen molar-refractivity contribution in [3.63, 3.8) is 0 Å². The highest BCUT2D eigenvalue weighted by atomic mass is 16.2. The molecular weight excluding hydrogens is 556 g/mol.